The lowest BCUT2D eigenvalue weighted by Crippen LogP contribution is -2.09. The van der Waals surface area contributed by atoms with E-state index in [-0.39, 0.29) is 0 Å². The molecule has 2 aromatic heterocycles. The van der Waals surface area contributed by atoms with Gasteiger partial charge >= 0.3 is 0 Å². The second-order valence-corrected chi connectivity index (χ2v) is 5.41. The fraction of sp³-hybridized carbons (Fsp3) is 0.667. The second kappa shape index (κ2) is 7.93. The maximum absolute atomic E-state index is 5.50. The summed E-state index contributed by atoms with van der Waals surface area (Å²) in [4.78, 5) is 0. The van der Waals surface area contributed by atoms with E-state index in [1.54, 1.807) is 0 Å². The maximum atomic E-state index is 5.50. The van der Waals surface area contributed by atoms with Crippen LogP contribution in [0.5, 0.6) is 0 Å². The van der Waals surface area contributed by atoms with E-state index in [2.05, 4.69) is 46.2 Å². The first-order valence-electron chi connectivity index (χ1n) is 7.89. The van der Waals surface area contributed by atoms with Crippen LogP contribution in [0, 0.1) is 0 Å². The van der Waals surface area contributed by atoms with Crippen molar-refractivity contribution in [3.63, 3.8) is 0 Å². The van der Waals surface area contributed by atoms with Crippen LogP contribution in [0.15, 0.2) is 18.5 Å². The fourth-order valence-electron chi connectivity index (χ4n) is 2.47. The maximum Gasteiger partial charge on any atom is 0.0867 e. The van der Waals surface area contributed by atoms with Crippen LogP contribution < -0.4 is 5.73 Å². The third-order valence-corrected chi connectivity index (χ3v) is 3.78. The van der Waals surface area contributed by atoms with Crippen LogP contribution in [-0.2, 0) is 13.0 Å². The van der Waals surface area contributed by atoms with Crippen molar-refractivity contribution >= 4 is 0 Å². The van der Waals surface area contributed by atoms with Crippen molar-refractivity contribution in [1.82, 2.24) is 24.8 Å². The zero-order valence-corrected chi connectivity index (χ0v) is 13.1. The summed E-state index contributed by atoms with van der Waals surface area (Å²) in [5.41, 5.74) is 7.56. The van der Waals surface area contributed by atoms with Crippen LogP contribution in [0.1, 0.15) is 57.0 Å². The number of aromatic nitrogens is 5. The van der Waals surface area contributed by atoms with Gasteiger partial charge in [0.15, 0.2) is 0 Å². The Balaban J connectivity index is 1.92. The minimum atomic E-state index is 0.487. The summed E-state index contributed by atoms with van der Waals surface area (Å²) in [6.07, 6.45) is 9.32. The molecule has 0 unspecified atom stereocenters. The molecule has 2 heterocycles. The van der Waals surface area contributed by atoms with E-state index in [1.807, 2.05) is 10.9 Å². The van der Waals surface area contributed by atoms with Gasteiger partial charge in [-0.2, -0.15) is 5.10 Å². The first-order chi connectivity index (χ1) is 10.3. The molecule has 2 N–H and O–H groups in total. The van der Waals surface area contributed by atoms with E-state index in [0.29, 0.717) is 12.6 Å². The molecule has 0 saturated heterocycles. The SMILES string of the molecule is CCC(CC)n1ccc(Cn2cc(CCCCN)nn2)n1. The van der Waals surface area contributed by atoms with Gasteiger partial charge in [0.2, 0.25) is 0 Å². The highest BCUT2D eigenvalue weighted by Gasteiger charge is 2.09. The molecule has 0 aliphatic carbocycles. The number of hydrogen-bond donors (Lipinski definition) is 1. The number of nitrogens with zero attached hydrogens (tertiary/aromatic N) is 5. The molecule has 0 atom stereocenters. The Morgan fingerprint density at radius 1 is 1.19 bits per heavy atom. The summed E-state index contributed by atoms with van der Waals surface area (Å²) >= 11 is 0. The molecule has 0 radical (unpaired) electrons. The molecule has 6 nitrogen and oxygen atoms in total. The Morgan fingerprint density at radius 2 is 2.00 bits per heavy atom. The number of unbranched alkanes of at least 4 members (excludes halogenated alkanes) is 1. The zero-order chi connectivity index (χ0) is 15.1. The Kier molecular flexibility index (Phi) is 5.92. The van der Waals surface area contributed by atoms with Gasteiger partial charge in [0.25, 0.3) is 0 Å². The van der Waals surface area contributed by atoms with Crippen LogP contribution in [0.3, 0.4) is 0 Å². The normalized spacial score (nSPS) is 11.4. The molecule has 6 heteroatoms. The summed E-state index contributed by atoms with van der Waals surface area (Å²) < 4.78 is 3.92. The standard InChI is InChI=1S/C15H26N6/c1-3-15(4-2)21-10-8-14(18-21)12-20-11-13(17-19-20)7-5-6-9-16/h8,10-11,15H,3-7,9,12,16H2,1-2H3. The Morgan fingerprint density at radius 3 is 2.71 bits per heavy atom. The first kappa shape index (κ1) is 15.7. The van der Waals surface area contributed by atoms with Crippen LogP contribution >= 0.6 is 0 Å². The second-order valence-electron chi connectivity index (χ2n) is 5.41. The van der Waals surface area contributed by atoms with Crippen molar-refractivity contribution in [3.05, 3.63) is 29.8 Å². The van der Waals surface area contributed by atoms with E-state index >= 15 is 0 Å². The lowest BCUT2D eigenvalue weighted by molar-refractivity contribution is 0.423. The van der Waals surface area contributed by atoms with Gasteiger partial charge in [-0.25, -0.2) is 4.68 Å². The predicted molar refractivity (Wildman–Crippen MR) is 83.0 cm³/mol. The van der Waals surface area contributed by atoms with Crippen LogP contribution in [0.4, 0.5) is 0 Å². The van der Waals surface area contributed by atoms with Crippen molar-refractivity contribution in [3.8, 4) is 0 Å². The Hall–Kier alpha value is -1.69. The van der Waals surface area contributed by atoms with Gasteiger partial charge in [-0.3, -0.25) is 4.68 Å². The Labute approximate surface area is 126 Å². The molecule has 0 fully saturated rings. The van der Waals surface area contributed by atoms with Gasteiger partial charge in [0.05, 0.1) is 24.0 Å². The van der Waals surface area contributed by atoms with Crippen molar-refractivity contribution < 1.29 is 0 Å². The Bertz CT molecular complexity index is 526. The highest BCUT2D eigenvalue weighted by molar-refractivity contribution is 5.02. The van der Waals surface area contributed by atoms with Crippen molar-refractivity contribution in [1.29, 1.82) is 0 Å². The number of rotatable bonds is 9. The fourth-order valence-corrected chi connectivity index (χ4v) is 2.47. The number of hydrogen-bond acceptors (Lipinski definition) is 4. The van der Waals surface area contributed by atoms with Crippen LogP contribution in [0.25, 0.3) is 0 Å². The van der Waals surface area contributed by atoms with Gasteiger partial charge < -0.3 is 5.73 Å². The van der Waals surface area contributed by atoms with Gasteiger partial charge in [-0.05, 0) is 44.7 Å². The summed E-state index contributed by atoms with van der Waals surface area (Å²) in [6, 6.07) is 2.55. The third-order valence-electron chi connectivity index (χ3n) is 3.78. The molecule has 0 bridgehead atoms. The lowest BCUT2D eigenvalue weighted by Gasteiger charge is -2.12. The lowest BCUT2D eigenvalue weighted by atomic mass is 10.2. The van der Waals surface area contributed by atoms with E-state index in [4.69, 9.17) is 5.73 Å². The molecule has 2 rings (SSSR count). The molecule has 0 aromatic carbocycles. The summed E-state index contributed by atoms with van der Waals surface area (Å²) in [5, 5.41) is 13.0. The van der Waals surface area contributed by atoms with Crippen molar-refractivity contribution in [2.24, 2.45) is 5.73 Å². The highest BCUT2D eigenvalue weighted by atomic mass is 15.4. The minimum absolute atomic E-state index is 0.487. The van der Waals surface area contributed by atoms with Crippen molar-refractivity contribution in [2.75, 3.05) is 6.54 Å². The van der Waals surface area contributed by atoms with E-state index < -0.39 is 0 Å². The third kappa shape index (κ3) is 4.39. The van der Waals surface area contributed by atoms with Crippen LogP contribution in [0.2, 0.25) is 0 Å². The first-order valence-corrected chi connectivity index (χ1v) is 7.89. The van der Waals surface area contributed by atoms with Crippen LogP contribution in [-0.4, -0.2) is 31.3 Å². The molecule has 0 aliphatic rings. The quantitative estimate of drug-likeness (QED) is 0.718. The minimum Gasteiger partial charge on any atom is -0.330 e. The van der Waals surface area contributed by atoms with E-state index in [0.717, 1.165) is 50.0 Å². The number of nitrogens with two attached hydrogens (primary N) is 1. The van der Waals surface area contributed by atoms with Crippen molar-refractivity contribution in [2.45, 2.75) is 58.5 Å². The predicted octanol–water partition coefficient (Wildman–Crippen LogP) is 2.17. The molecule has 0 amide bonds. The molecule has 0 spiro atoms. The molecular weight excluding hydrogens is 264 g/mol. The van der Waals surface area contributed by atoms with E-state index in [1.165, 1.54) is 0 Å². The largest absolute Gasteiger partial charge is 0.330 e. The average Bonchev–Trinajstić information content (AvgIpc) is 3.11. The van der Waals surface area contributed by atoms with Gasteiger partial charge in [0.1, 0.15) is 0 Å². The van der Waals surface area contributed by atoms with Gasteiger partial charge in [-0.1, -0.05) is 19.1 Å². The smallest absolute Gasteiger partial charge is 0.0867 e. The molecule has 21 heavy (non-hydrogen) atoms. The van der Waals surface area contributed by atoms with E-state index in [9.17, 15) is 0 Å². The zero-order valence-electron chi connectivity index (χ0n) is 13.1. The number of aryl methyl sites for hydroxylation is 1. The summed E-state index contributed by atoms with van der Waals surface area (Å²) in [7, 11) is 0. The molecular formula is C15H26N6. The molecule has 0 aliphatic heterocycles. The molecule has 2 aromatic rings. The average molecular weight is 290 g/mol. The summed E-state index contributed by atoms with van der Waals surface area (Å²) in [6.45, 7) is 5.81. The highest BCUT2D eigenvalue weighted by Crippen LogP contribution is 2.14. The monoisotopic (exact) mass is 290 g/mol. The topological polar surface area (TPSA) is 74.5 Å². The summed E-state index contributed by atoms with van der Waals surface area (Å²) in [5.74, 6) is 0. The van der Waals surface area contributed by atoms with Gasteiger partial charge in [-0.15, -0.1) is 5.10 Å². The van der Waals surface area contributed by atoms with Gasteiger partial charge in [0, 0.05) is 12.4 Å². The molecule has 0 saturated carbocycles. The molecule has 116 valence electrons.